The summed E-state index contributed by atoms with van der Waals surface area (Å²) in [5.74, 6) is -0.234. The Morgan fingerprint density at radius 3 is 2.57 bits per heavy atom. The normalized spacial score (nSPS) is 8.29. The van der Waals surface area contributed by atoms with Crippen LogP contribution in [0, 0.1) is 0 Å². The molecule has 0 aromatic carbocycles. The van der Waals surface area contributed by atoms with Crippen LogP contribution in [0.2, 0.25) is 0 Å². The maximum absolute atomic E-state index is 10.1. The van der Waals surface area contributed by atoms with Crippen molar-refractivity contribution in [3.8, 4) is 0 Å². The van der Waals surface area contributed by atoms with Gasteiger partial charge in [-0.05, 0) is 0 Å². The molecule has 0 heterocycles. The van der Waals surface area contributed by atoms with E-state index in [4.69, 9.17) is 5.21 Å². The highest BCUT2D eigenvalue weighted by Gasteiger charge is 1.88. The fourth-order valence-electron chi connectivity index (χ4n) is 0.151. The van der Waals surface area contributed by atoms with Gasteiger partial charge in [0.05, 0.1) is 0 Å². The first-order chi connectivity index (χ1) is 3.31. The molecule has 0 saturated carbocycles. The summed E-state index contributed by atoms with van der Waals surface area (Å²) in [7, 11) is 0. The molecule has 0 aromatic heterocycles. The van der Waals surface area contributed by atoms with Gasteiger partial charge in [-0.15, -0.1) is 5.59 Å². The lowest BCUT2D eigenvalue weighted by molar-refractivity contribution is -0.124. The first kappa shape index (κ1) is 6.39. The molecule has 4 nitrogen and oxygen atoms in total. The molecular formula is C3H8N2O2. The van der Waals surface area contributed by atoms with E-state index in [-0.39, 0.29) is 5.91 Å². The van der Waals surface area contributed by atoms with Gasteiger partial charge in [-0.25, -0.2) is 0 Å². The summed E-state index contributed by atoms with van der Waals surface area (Å²) in [5, 5.41) is 7.79. The minimum absolute atomic E-state index is 0.234. The molecule has 0 radical (unpaired) electrons. The van der Waals surface area contributed by atoms with Crippen LogP contribution < -0.4 is 11.0 Å². The van der Waals surface area contributed by atoms with Gasteiger partial charge in [0.2, 0.25) is 5.91 Å². The van der Waals surface area contributed by atoms with E-state index in [0.29, 0.717) is 6.42 Å². The molecule has 0 aliphatic heterocycles. The van der Waals surface area contributed by atoms with Gasteiger partial charge in [0.1, 0.15) is 0 Å². The summed E-state index contributed by atoms with van der Waals surface area (Å²) in [5.41, 5.74) is 3.48. The highest BCUT2D eigenvalue weighted by molar-refractivity contribution is 5.74. The predicted molar refractivity (Wildman–Crippen MR) is 23.4 cm³/mol. The van der Waals surface area contributed by atoms with Crippen molar-refractivity contribution >= 4 is 5.91 Å². The summed E-state index contributed by atoms with van der Waals surface area (Å²) in [6, 6.07) is 0. The molecule has 7 heavy (non-hydrogen) atoms. The van der Waals surface area contributed by atoms with E-state index in [1.165, 1.54) is 5.59 Å². The first-order valence-corrected chi connectivity index (χ1v) is 1.99. The van der Waals surface area contributed by atoms with Gasteiger partial charge >= 0.3 is 0 Å². The van der Waals surface area contributed by atoms with E-state index < -0.39 is 0 Å². The third kappa shape index (κ3) is 3.21. The maximum atomic E-state index is 10.1. The van der Waals surface area contributed by atoms with E-state index in [2.05, 4.69) is 0 Å². The predicted octanol–water partition coefficient (Wildman–Crippen LogP) is -0.594. The Labute approximate surface area is 41.4 Å². The van der Waals surface area contributed by atoms with Crippen LogP contribution >= 0.6 is 0 Å². The van der Waals surface area contributed by atoms with Crippen LogP contribution in [0.5, 0.6) is 0 Å². The highest BCUT2D eigenvalue weighted by Crippen LogP contribution is 1.68. The van der Waals surface area contributed by atoms with Gasteiger partial charge in [0.25, 0.3) is 0 Å². The molecule has 1 amide bonds. The fraction of sp³-hybridized carbons (Fsp3) is 0.667. The van der Waals surface area contributed by atoms with Crippen molar-refractivity contribution in [2.45, 2.75) is 13.3 Å². The molecule has 0 spiro atoms. The van der Waals surface area contributed by atoms with Crippen molar-refractivity contribution in [3.05, 3.63) is 0 Å². The van der Waals surface area contributed by atoms with Crippen LogP contribution in [0.15, 0.2) is 0 Å². The molecule has 0 aliphatic rings. The van der Waals surface area contributed by atoms with Gasteiger partial charge < -0.3 is 0 Å². The number of hydrogen-bond acceptors (Lipinski definition) is 3. The second-order valence-corrected chi connectivity index (χ2v) is 1.01. The second-order valence-electron chi connectivity index (χ2n) is 1.01. The topological polar surface area (TPSA) is 61.4 Å². The largest absolute Gasteiger partial charge is 0.297 e. The van der Waals surface area contributed by atoms with Crippen LogP contribution in [0.1, 0.15) is 13.3 Å². The number of carbonyl (C=O) groups excluding carboxylic acids is 1. The van der Waals surface area contributed by atoms with Gasteiger partial charge in [0, 0.05) is 6.42 Å². The molecule has 0 fully saturated rings. The molecule has 42 valence electrons. The summed E-state index contributed by atoms with van der Waals surface area (Å²) >= 11 is 0. The zero-order chi connectivity index (χ0) is 5.70. The zero-order valence-electron chi connectivity index (χ0n) is 4.06. The zero-order valence-corrected chi connectivity index (χ0v) is 4.06. The molecular weight excluding hydrogens is 96.0 g/mol. The number of carbonyl (C=O) groups is 1. The summed E-state index contributed by atoms with van der Waals surface area (Å²) in [6.45, 7) is 1.69. The van der Waals surface area contributed by atoms with Crippen molar-refractivity contribution < 1.29 is 10.0 Å². The quantitative estimate of drug-likeness (QED) is 0.410. The second kappa shape index (κ2) is 3.58. The van der Waals surface area contributed by atoms with Crippen LogP contribution in [0.25, 0.3) is 0 Å². The van der Waals surface area contributed by atoms with Crippen molar-refractivity contribution in [1.82, 2.24) is 11.0 Å². The Morgan fingerprint density at radius 1 is 1.86 bits per heavy atom. The van der Waals surface area contributed by atoms with Crippen molar-refractivity contribution in [2.75, 3.05) is 0 Å². The number of hydrogen-bond donors (Lipinski definition) is 3. The average molecular weight is 104 g/mol. The first-order valence-electron chi connectivity index (χ1n) is 1.99. The summed E-state index contributed by atoms with van der Waals surface area (Å²) < 4.78 is 0. The lowest BCUT2D eigenvalue weighted by Gasteiger charge is -1.94. The summed E-state index contributed by atoms with van der Waals surface area (Å²) in [4.78, 5) is 10.1. The number of hydrazine groups is 1. The van der Waals surface area contributed by atoms with Crippen LogP contribution in [-0.2, 0) is 4.79 Å². The number of nitrogens with one attached hydrogen (secondary N) is 2. The van der Waals surface area contributed by atoms with Crippen molar-refractivity contribution in [2.24, 2.45) is 0 Å². The Bertz CT molecular complexity index is 64.0. The average Bonchev–Trinajstić information content (AvgIpc) is 1.68. The van der Waals surface area contributed by atoms with Gasteiger partial charge in [-0.1, -0.05) is 6.92 Å². The molecule has 0 saturated heterocycles. The van der Waals surface area contributed by atoms with Crippen LogP contribution in [-0.4, -0.2) is 11.1 Å². The van der Waals surface area contributed by atoms with Gasteiger partial charge in [-0.3, -0.25) is 15.4 Å². The molecule has 0 bridgehead atoms. The molecule has 0 aliphatic carbocycles. The van der Waals surface area contributed by atoms with Crippen molar-refractivity contribution in [3.63, 3.8) is 0 Å². The highest BCUT2D eigenvalue weighted by atomic mass is 16.5. The Morgan fingerprint density at radius 2 is 2.43 bits per heavy atom. The van der Waals surface area contributed by atoms with E-state index in [9.17, 15) is 4.79 Å². The Hall–Kier alpha value is -0.610. The lowest BCUT2D eigenvalue weighted by atomic mass is 10.5. The van der Waals surface area contributed by atoms with Crippen molar-refractivity contribution in [1.29, 1.82) is 0 Å². The molecule has 0 atom stereocenters. The standard InChI is InChI=1S/C3H8N2O2/c1-2-3(6)4-5-7/h5,7H,2H2,1H3,(H,4,6). The minimum atomic E-state index is -0.234. The SMILES string of the molecule is CCC(=O)NNO. The molecule has 0 aromatic rings. The third-order valence-corrected chi connectivity index (χ3v) is 0.516. The third-order valence-electron chi connectivity index (χ3n) is 0.516. The van der Waals surface area contributed by atoms with Gasteiger partial charge in [-0.2, -0.15) is 0 Å². The molecule has 0 rings (SSSR count). The summed E-state index contributed by atoms with van der Waals surface area (Å²) in [6.07, 6.45) is 0.369. The van der Waals surface area contributed by atoms with E-state index in [1.54, 1.807) is 6.92 Å². The molecule has 3 N–H and O–H groups in total. The van der Waals surface area contributed by atoms with Gasteiger partial charge in [0.15, 0.2) is 0 Å². The van der Waals surface area contributed by atoms with E-state index in [1.807, 2.05) is 5.43 Å². The Kier molecular flexibility index (Phi) is 3.26. The monoisotopic (exact) mass is 104 g/mol. The molecule has 4 heteroatoms. The van der Waals surface area contributed by atoms with E-state index >= 15 is 0 Å². The van der Waals surface area contributed by atoms with Crippen LogP contribution in [0.3, 0.4) is 0 Å². The number of rotatable bonds is 2. The fourth-order valence-corrected chi connectivity index (χ4v) is 0.151. The Balaban J connectivity index is 3.00. The molecule has 0 unspecified atom stereocenters. The maximum Gasteiger partial charge on any atom is 0.235 e. The minimum Gasteiger partial charge on any atom is -0.297 e. The smallest absolute Gasteiger partial charge is 0.235 e. The van der Waals surface area contributed by atoms with E-state index in [0.717, 1.165) is 0 Å². The lowest BCUT2D eigenvalue weighted by Crippen LogP contribution is -2.33. The number of amides is 1. The van der Waals surface area contributed by atoms with Crippen LogP contribution in [0.4, 0.5) is 0 Å².